The molecule has 3 heteroatoms. The molecule has 1 aromatic heterocycles. The summed E-state index contributed by atoms with van der Waals surface area (Å²) in [6.07, 6.45) is 2.04. The number of rotatable bonds is 3. The fourth-order valence-electron chi connectivity index (χ4n) is 3.71. The van der Waals surface area contributed by atoms with Gasteiger partial charge in [0, 0.05) is 23.4 Å². The van der Waals surface area contributed by atoms with Crippen LogP contribution in [0.2, 0.25) is 0 Å². The van der Waals surface area contributed by atoms with Crippen molar-refractivity contribution in [3.63, 3.8) is 0 Å². The van der Waals surface area contributed by atoms with E-state index in [0.717, 1.165) is 22.5 Å². The molecule has 0 aliphatic carbocycles. The monoisotopic (exact) mass is 354 g/mol. The molecule has 1 heterocycles. The summed E-state index contributed by atoms with van der Waals surface area (Å²) in [6, 6.07) is 21.9. The van der Waals surface area contributed by atoms with Gasteiger partial charge in [0.2, 0.25) is 0 Å². The zero-order valence-corrected chi connectivity index (χ0v) is 15.8. The van der Waals surface area contributed by atoms with Crippen LogP contribution < -0.4 is 0 Å². The molecule has 0 radical (unpaired) electrons. The van der Waals surface area contributed by atoms with Crippen LogP contribution in [0.5, 0.6) is 5.75 Å². The summed E-state index contributed by atoms with van der Waals surface area (Å²) < 4.78 is 1.84. The number of nitrogens with zero attached hydrogens (tertiary/aromatic N) is 2. The molecule has 0 bridgehead atoms. The Hall–Kier alpha value is -3.33. The van der Waals surface area contributed by atoms with Crippen LogP contribution in [-0.4, -0.2) is 14.9 Å². The Morgan fingerprint density at radius 3 is 2.19 bits per heavy atom. The third-order valence-electron chi connectivity index (χ3n) is 4.81. The average Bonchev–Trinajstić information content (AvgIpc) is 3.06. The Balaban J connectivity index is 1.98. The van der Waals surface area contributed by atoms with Crippen molar-refractivity contribution in [1.29, 1.82) is 0 Å². The van der Waals surface area contributed by atoms with E-state index in [1.54, 1.807) is 12.1 Å². The van der Waals surface area contributed by atoms with E-state index < -0.39 is 0 Å². The van der Waals surface area contributed by atoms with Crippen LogP contribution in [0.3, 0.4) is 0 Å². The Morgan fingerprint density at radius 2 is 1.52 bits per heavy atom. The van der Waals surface area contributed by atoms with Crippen LogP contribution in [-0.2, 0) is 0 Å². The van der Waals surface area contributed by atoms with Crippen molar-refractivity contribution >= 4 is 0 Å². The van der Waals surface area contributed by atoms with Gasteiger partial charge in [-0.05, 0) is 49.6 Å². The lowest BCUT2D eigenvalue weighted by Gasteiger charge is -2.11. The minimum Gasteiger partial charge on any atom is -0.508 e. The Bertz CT molecular complexity index is 1090. The molecular formula is C24H22N2O. The first-order valence-electron chi connectivity index (χ1n) is 9.05. The first kappa shape index (κ1) is 17.1. The molecular weight excluding hydrogens is 332 g/mol. The predicted octanol–water partition coefficient (Wildman–Crippen LogP) is 5.84. The Kier molecular flexibility index (Phi) is 4.28. The molecule has 0 aliphatic rings. The lowest BCUT2D eigenvalue weighted by Crippen LogP contribution is -1.96. The number of phenolic OH excluding ortho intramolecular Hbond substituents is 1. The van der Waals surface area contributed by atoms with Gasteiger partial charge in [-0.1, -0.05) is 54.1 Å². The highest BCUT2D eigenvalue weighted by Crippen LogP contribution is 2.36. The molecule has 0 fully saturated rings. The SMILES string of the molecule is Cc1cc(C)c(-c2nn(-c3cccc(O)c3)cc2-c2ccccc2)c(C)c1. The number of phenols is 1. The van der Waals surface area contributed by atoms with Gasteiger partial charge in [0.25, 0.3) is 0 Å². The van der Waals surface area contributed by atoms with Crippen molar-refractivity contribution < 1.29 is 5.11 Å². The van der Waals surface area contributed by atoms with Crippen molar-refractivity contribution in [1.82, 2.24) is 9.78 Å². The van der Waals surface area contributed by atoms with E-state index in [-0.39, 0.29) is 5.75 Å². The van der Waals surface area contributed by atoms with Crippen LogP contribution in [0.1, 0.15) is 16.7 Å². The lowest BCUT2D eigenvalue weighted by molar-refractivity contribution is 0.475. The van der Waals surface area contributed by atoms with E-state index in [1.807, 2.05) is 41.2 Å². The normalized spacial score (nSPS) is 10.9. The average molecular weight is 354 g/mol. The number of aryl methyl sites for hydroxylation is 3. The summed E-state index contributed by atoms with van der Waals surface area (Å²) in [6.45, 7) is 6.39. The molecule has 0 saturated carbocycles. The minimum absolute atomic E-state index is 0.230. The summed E-state index contributed by atoms with van der Waals surface area (Å²) >= 11 is 0. The maximum Gasteiger partial charge on any atom is 0.117 e. The van der Waals surface area contributed by atoms with E-state index in [0.29, 0.717) is 0 Å². The van der Waals surface area contributed by atoms with Crippen LogP contribution in [0.4, 0.5) is 0 Å². The van der Waals surface area contributed by atoms with E-state index in [2.05, 4.69) is 45.0 Å². The van der Waals surface area contributed by atoms with Gasteiger partial charge in [0.1, 0.15) is 11.4 Å². The third kappa shape index (κ3) is 3.24. The quantitative estimate of drug-likeness (QED) is 0.502. The van der Waals surface area contributed by atoms with Gasteiger partial charge in [-0.15, -0.1) is 0 Å². The fraction of sp³-hybridized carbons (Fsp3) is 0.125. The highest BCUT2D eigenvalue weighted by molar-refractivity contribution is 5.84. The second-order valence-corrected chi connectivity index (χ2v) is 7.00. The Morgan fingerprint density at radius 1 is 0.815 bits per heavy atom. The third-order valence-corrected chi connectivity index (χ3v) is 4.81. The molecule has 0 aliphatic heterocycles. The van der Waals surface area contributed by atoms with Crippen molar-refractivity contribution in [2.45, 2.75) is 20.8 Å². The zero-order chi connectivity index (χ0) is 19.0. The summed E-state index contributed by atoms with van der Waals surface area (Å²) in [5.41, 5.74) is 8.84. The highest BCUT2D eigenvalue weighted by atomic mass is 16.3. The second-order valence-electron chi connectivity index (χ2n) is 7.00. The molecule has 0 spiro atoms. The highest BCUT2D eigenvalue weighted by Gasteiger charge is 2.18. The van der Waals surface area contributed by atoms with Crippen molar-refractivity contribution in [2.24, 2.45) is 0 Å². The summed E-state index contributed by atoms with van der Waals surface area (Å²) in [4.78, 5) is 0. The summed E-state index contributed by atoms with van der Waals surface area (Å²) in [5.74, 6) is 0.230. The molecule has 0 unspecified atom stereocenters. The maximum absolute atomic E-state index is 9.86. The van der Waals surface area contributed by atoms with Gasteiger partial charge in [-0.2, -0.15) is 5.10 Å². The molecule has 0 atom stereocenters. The first-order chi connectivity index (χ1) is 13.0. The van der Waals surface area contributed by atoms with Crippen LogP contribution in [0.15, 0.2) is 72.9 Å². The van der Waals surface area contributed by atoms with Crippen molar-refractivity contribution in [3.05, 3.63) is 89.6 Å². The molecule has 4 rings (SSSR count). The van der Waals surface area contributed by atoms with Gasteiger partial charge in [0.15, 0.2) is 0 Å². The number of benzene rings is 3. The molecule has 0 amide bonds. The molecule has 3 nitrogen and oxygen atoms in total. The lowest BCUT2D eigenvalue weighted by atomic mass is 9.93. The number of hydrogen-bond donors (Lipinski definition) is 1. The van der Waals surface area contributed by atoms with Crippen molar-refractivity contribution in [2.75, 3.05) is 0 Å². The topological polar surface area (TPSA) is 38.0 Å². The van der Waals surface area contributed by atoms with E-state index in [1.165, 1.54) is 22.3 Å². The van der Waals surface area contributed by atoms with E-state index in [9.17, 15) is 5.11 Å². The number of aromatic hydroxyl groups is 1. The smallest absolute Gasteiger partial charge is 0.117 e. The standard InChI is InChI=1S/C24H22N2O/c1-16-12-17(2)23(18(3)13-16)24-22(19-8-5-4-6-9-19)15-26(25-24)20-10-7-11-21(27)14-20/h4-15,27H,1-3H3. The molecule has 3 aromatic carbocycles. The summed E-state index contributed by atoms with van der Waals surface area (Å²) in [5, 5.41) is 14.8. The van der Waals surface area contributed by atoms with E-state index >= 15 is 0 Å². The largest absolute Gasteiger partial charge is 0.508 e. The maximum atomic E-state index is 9.86. The van der Waals surface area contributed by atoms with Crippen LogP contribution in [0, 0.1) is 20.8 Å². The molecule has 27 heavy (non-hydrogen) atoms. The van der Waals surface area contributed by atoms with Gasteiger partial charge in [0.05, 0.1) is 5.69 Å². The van der Waals surface area contributed by atoms with Gasteiger partial charge >= 0.3 is 0 Å². The number of hydrogen-bond acceptors (Lipinski definition) is 2. The van der Waals surface area contributed by atoms with Gasteiger partial charge in [-0.25, -0.2) is 4.68 Å². The summed E-state index contributed by atoms with van der Waals surface area (Å²) in [7, 11) is 0. The predicted molar refractivity (Wildman–Crippen MR) is 110 cm³/mol. The second kappa shape index (κ2) is 6.76. The van der Waals surface area contributed by atoms with Gasteiger partial charge in [-0.3, -0.25) is 0 Å². The van der Waals surface area contributed by atoms with Gasteiger partial charge < -0.3 is 5.11 Å². The molecule has 134 valence electrons. The van der Waals surface area contributed by atoms with E-state index in [4.69, 9.17) is 5.10 Å². The Labute approximate surface area is 159 Å². The van der Waals surface area contributed by atoms with Crippen molar-refractivity contribution in [3.8, 4) is 33.8 Å². The molecule has 0 saturated heterocycles. The van der Waals surface area contributed by atoms with Crippen LogP contribution >= 0.6 is 0 Å². The minimum atomic E-state index is 0.230. The molecule has 4 aromatic rings. The first-order valence-corrected chi connectivity index (χ1v) is 9.05. The zero-order valence-electron chi connectivity index (χ0n) is 15.8. The van der Waals surface area contributed by atoms with Crippen LogP contribution in [0.25, 0.3) is 28.1 Å². The molecule has 1 N–H and O–H groups in total. The number of aromatic nitrogens is 2. The fourth-order valence-corrected chi connectivity index (χ4v) is 3.71.